The standard InChI is InChI=1S/C39H56N6O/c1-31-13-17-33(18-14-31)21-23-35(38(3,4)29-44-25-9-7-10-26-44)40-42-37(46)43-41-36(24-22-34-19-15-32(2)16-20-34)39(5,6)30-45-27-11-8-12-28-45/h13-24H,7-12,25-30H2,1-6H3,(H2,42,43,46)/b23-21-,24-22-,40-35-,41-36+. The first-order valence-corrected chi connectivity index (χ1v) is 17.2. The minimum atomic E-state index is -0.454. The number of likely N-dealkylation sites (tertiary alicyclic amines) is 2. The molecule has 2 aromatic rings. The van der Waals surface area contributed by atoms with Crippen molar-refractivity contribution in [2.75, 3.05) is 39.3 Å². The van der Waals surface area contributed by atoms with Crippen molar-refractivity contribution in [1.82, 2.24) is 20.7 Å². The van der Waals surface area contributed by atoms with Crippen LogP contribution in [-0.4, -0.2) is 66.5 Å². The average Bonchev–Trinajstić information content (AvgIpc) is 3.03. The Kier molecular flexibility index (Phi) is 12.9. The molecule has 0 saturated carbocycles. The van der Waals surface area contributed by atoms with Crippen LogP contribution < -0.4 is 10.9 Å². The van der Waals surface area contributed by atoms with Crippen LogP contribution in [0, 0.1) is 24.7 Å². The molecular weight excluding hydrogens is 568 g/mol. The summed E-state index contributed by atoms with van der Waals surface area (Å²) in [5.41, 5.74) is 11.3. The van der Waals surface area contributed by atoms with E-state index in [4.69, 9.17) is 0 Å². The molecule has 2 aromatic carbocycles. The Morgan fingerprint density at radius 2 is 0.978 bits per heavy atom. The molecule has 7 nitrogen and oxygen atoms in total. The molecule has 0 radical (unpaired) electrons. The maximum Gasteiger partial charge on any atom is 0.355 e. The molecule has 0 atom stereocenters. The largest absolute Gasteiger partial charge is 0.355 e. The molecule has 0 spiro atoms. The number of urea groups is 1. The van der Waals surface area contributed by atoms with Crippen LogP contribution in [0.1, 0.15) is 88.5 Å². The molecule has 2 aliphatic rings. The Hall–Kier alpha value is -3.55. The maximum absolute atomic E-state index is 13.2. The molecule has 46 heavy (non-hydrogen) atoms. The van der Waals surface area contributed by atoms with E-state index in [0.717, 1.165) is 61.8 Å². The predicted octanol–water partition coefficient (Wildman–Crippen LogP) is 8.07. The molecule has 2 fully saturated rings. The van der Waals surface area contributed by atoms with Gasteiger partial charge in [0.25, 0.3) is 0 Å². The number of benzene rings is 2. The highest BCUT2D eigenvalue weighted by Gasteiger charge is 2.29. The monoisotopic (exact) mass is 624 g/mol. The van der Waals surface area contributed by atoms with Crippen LogP contribution in [0.4, 0.5) is 4.79 Å². The van der Waals surface area contributed by atoms with Gasteiger partial charge in [0, 0.05) is 23.9 Å². The molecular formula is C39H56N6O. The van der Waals surface area contributed by atoms with Gasteiger partial charge in [-0.25, -0.2) is 15.6 Å². The lowest BCUT2D eigenvalue weighted by Gasteiger charge is -2.35. The van der Waals surface area contributed by atoms with Crippen molar-refractivity contribution in [2.24, 2.45) is 21.0 Å². The van der Waals surface area contributed by atoms with Crippen molar-refractivity contribution >= 4 is 29.6 Å². The van der Waals surface area contributed by atoms with E-state index in [1.54, 1.807) is 0 Å². The van der Waals surface area contributed by atoms with E-state index in [2.05, 4.69) is 133 Å². The summed E-state index contributed by atoms with van der Waals surface area (Å²) < 4.78 is 0. The first kappa shape index (κ1) is 35.3. The molecule has 2 saturated heterocycles. The number of hydrogen-bond acceptors (Lipinski definition) is 5. The third kappa shape index (κ3) is 11.4. The Labute approximate surface area is 277 Å². The molecule has 2 N–H and O–H groups in total. The van der Waals surface area contributed by atoms with Crippen molar-refractivity contribution in [3.05, 3.63) is 82.9 Å². The van der Waals surface area contributed by atoms with Gasteiger partial charge in [0.15, 0.2) is 0 Å². The highest BCUT2D eigenvalue weighted by atomic mass is 16.2. The lowest BCUT2D eigenvalue weighted by atomic mass is 9.85. The van der Waals surface area contributed by atoms with Gasteiger partial charge in [-0.2, -0.15) is 10.2 Å². The van der Waals surface area contributed by atoms with Crippen LogP contribution in [0.15, 0.2) is 70.9 Å². The number of allylic oxidation sites excluding steroid dienone is 2. The third-order valence-electron chi connectivity index (χ3n) is 9.10. The minimum absolute atomic E-state index is 0.270. The van der Waals surface area contributed by atoms with Crippen molar-refractivity contribution in [3.8, 4) is 0 Å². The van der Waals surface area contributed by atoms with Gasteiger partial charge in [0.1, 0.15) is 0 Å². The van der Waals surface area contributed by atoms with Crippen LogP contribution >= 0.6 is 0 Å². The first-order chi connectivity index (χ1) is 22.0. The fourth-order valence-electron chi connectivity index (χ4n) is 6.30. The zero-order valence-corrected chi connectivity index (χ0v) is 29.1. The summed E-state index contributed by atoms with van der Waals surface area (Å²) in [7, 11) is 0. The Bertz CT molecular complexity index is 1270. The summed E-state index contributed by atoms with van der Waals surface area (Å²) in [6.07, 6.45) is 15.7. The van der Waals surface area contributed by atoms with Crippen LogP contribution in [0.2, 0.25) is 0 Å². The van der Waals surface area contributed by atoms with Crippen molar-refractivity contribution < 1.29 is 4.79 Å². The number of hydrazone groups is 2. The van der Waals surface area contributed by atoms with Crippen LogP contribution in [0.5, 0.6) is 0 Å². The van der Waals surface area contributed by atoms with E-state index in [-0.39, 0.29) is 10.8 Å². The van der Waals surface area contributed by atoms with Gasteiger partial charge in [0.05, 0.1) is 11.4 Å². The highest BCUT2D eigenvalue weighted by Crippen LogP contribution is 2.25. The third-order valence-corrected chi connectivity index (χ3v) is 9.10. The van der Waals surface area contributed by atoms with Crippen molar-refractivity contribution in [2.45, 2.75) is 80.1 Å². The normalized spacial score (nSPS) is 18.0. The summed E-state index contributed by atoms with van der Waals surface area (Å²) in [4.78, 5) is 18.2. The number of rotatable bonds is 12. The van der Waals surface area contributed by atoms with Gasteiger partial charge in [0.2, 0.25) is 0 Å². The lowest BCUT2D eigenvalue weighted by Crippen LogP contribution is -2.43. The van der Waals surface area contributed by atoms with Crippen LogP contribution in [0.25, 0.3) is 12.2 Å². The molecule has 0 unspecified atom stereocenters. The number of carbonyl (C=O) groups excluding carboxylic acids is 1. The highest BCUT2D eigenvalue weighted by molar-refractivity contribution is 6.03. The maximum atomic E-state index is 13.2. The Morgan fingerprint density at radius 3 is 1.33 bits per heavy atom. The summed E-state index contributed by atoms with van der Waals surface area (Å²) in [5.74, 6) is 0. The second-order valence-electron chi connectivity index (χ2n) is 14.5. The number of amides is 2. The summed E-state index contributed by atoms with van der Waals surface area (Å²) in [6.45, 7) is 19.2. The molecule has 4 rings (SSSR count). The molecule has 2 aliphatic heterocycles. The number of aryl methyl sites for hydroxylation is 2. The Balaban J connectivity index is 1.53. The second kappa shape index (κ2) is 16.8. The number of carbonyl (C=O) groups is 1. The Morgan fingerprint density at radius 1 is 0.630 bits per heavy atom. The van der Waals surface area contributed by atoms with E-state index in [9.17, 15) is 4.79 Å². The van der Waals surface area contributed by atoms with Gasteiger partial charge in [-0.1, -0.05) is 112 Å². The zero-order valence-electron chi connectivity index (χ0n) is 29.1. The molecule has 2 heterocycles. The molecule has 0 bridgehead atoms. The molecule has 7 heteroatoms. The minimum Gasteiger partial charge on any atom is -0.302 e. The SMILES string of the molecule is Cc1ccc(/C=C\C(=N\NC(=O)N/N=C(\C=C/c2ccc(C)cc2)C(C)(C)CN2CCCCC2)C(C)(C)CN2CCCCC2)cc1. The van der Waals surface area contributed by atoms with Crippen molar-refractivity contribution in [3.63, 3.8) is 0 Å². The van der Waals surface area contributed by atoms with Crippen LogP contribution in [0.3, 0.4) is 0 Å². The quantitative estimate of drug-likeness (QED) is 0.185. The zero-order chi connectivity index (χ0) is 33.0. The topological polar surface area (TPSA) is 72.3 Å². The van der Waals surface area contributed by atoms with Crippen molar-refractivity contribution in [1.29, 1.82) is 0 Å². The van der Waals surface area contributed by atoms with Gasteiger partial charge in [-0.3, -0.25) is 0 Å². The smallest absolute Gasteiger partial charge is 0.302 e. The first-order valence-electron chi connectivity index (χ1n) is 17.2. The number of nitrogens with one attached hydrogen (secondary N) is 2. The second-order valence-corrected chi connectivity index (χ2v) is 14.5. The summed E-state index contributed by atoms with van der Waals surface area (Å²) in [6, 6.07) is 16.4. The van der Waals surface area contributed by atoms with E-state index in [1.165, 1.54) is 49.7 Å². The summed E-state index contributed by atoms with van der Waals surface area (Å²) >= 11 is 0. The molecule has 0 aliphatic carbocycles. The van der Waals surface area contributed by atoms with Gasteiger partial charge in [-0.15, -0.1) is 0 Å². The van der Waals surface area contributed by atoms with E-state index in [1.807, 2.05) is 12.2 Å². The van der Waals surface area contributed by atoms with Gasteiger partial charge >= 0.3 is 6.03 Å². The lowest BCUT2D eigenvalue weighted by molar-refractivity contribution is 0.186. The molecule has 248 valence electrons. The average molecular weight is 625 g/mol. The van der Waals surface area contributed by atoms with E-state index < -0.39 is 6.03 Å². The van der Waals surface area contributed by atoms with Gasteiger partial charge < -0.3 is 9.80 Å². The fraction of sp³-hybridized carbons (Fsp3) is 0.513. The van der Waals surface area contributed by atoms with E-state index in [0.29, 0.717) is 0 Å². The van der Waals surface area contributed by atoms with Gasteiger partial charge in [-0.05, 0) is 89.0 Å². The summed E-state index contributed by atoms with van der Waals surface area (Å²) in [5, 5.41) is 9.35. The molecule has 2 amide bonds. The number of hydrogen-bond donors (Lipinski definition) is 2. The fourth-order valence-corrected chi connectivity index (χ4v) is 6.30. The van der Waals surface area contributed by atoms with Crippen LogP contribution in [-0.2, 0) is 0 Å². The van der Waals surface area contributed by atoms with E-state index >= 15 is 0 Å². The molecule has 0 aromatic heterocycles. The number of nitrogens with zero attached hydrogens (tertiary/aromatic N) is 4. The predicted molar refractivity (Wildman–Crippen MR) is 195 cm³/mol. The number of piperidine rings is 2.